The van der Waals surface area contributed by atoms with E-state index in [4.69, 9.17) is 4.55 Å². The van der Waals surface area contributed by atoms with Gasteiger partial charge in [-0.2, -0.15) is 8.42 Å². The summed E-state index contributed by atoms with van der Waals surface area (Å²) in [5.74, 6) is 0. The van der Waals surface area contributed by atoms with E-state index in [9.17, 15) is 13.2 Å². The summed E-state index contributed by atoms with van der Waals surface area (Å²) in [6.07, 6.45) is 0. The van der Waals surface area contributed by atoms with Crippen LogP contribution in [0.25, 0.3) is 0 Å². The quantitative estimate of drug-likeness (QED) is 0.724. The molecular formula is C7H7ClO4S. The zero-order chi connectivity index (χ0) is 9.19. The average Bonchev–Trinajstić information content (AvgIpc) is 2.03. The molecule has 1 N–H and O–H groups in total. The van der Waals surface area contributed by atoms with E-state index in [0.717, 1.165) is 0 Å². The van der Waals surface area contributed by atoms with Crippen LogP contribution in [-0.4, -0.2) is 18.1 Å². The zero-order valence-electron chi connectivity index (χ0n) is 6.38. The molecule has 0 aliphatic carbocycles. The highest BCUT2D eigenvalue weighted by atomic mass is 35.5. The van der Waals surface area contributed by atoms with Crippen molar-refractivity contribution in [3.63, 3.8) is 0 Å². The van der Waals surface area contributed by atoms with Gasteiger partial charge in [-0.25, -0.2) is 0 Å². The average molecular weight is 223 g/mol. The van der Waals surface area contributed by atoms with Crippen molar-refractivity contribution < 1.29 is 17.8 Å². The van der Waals surface area contributed by atoms with Crippen LogP contribution in [0.15, 0.2) is 30.3 Å². The molecule has 1 aromatic carbocycles. The van der Waals surface area contributed by atoms with E-state index in [2.05, 4.69) is 0 Å². The minimum atomic E-state index is -4.59. The van der Waals surface area contributed by atoms with Gasteiger partial charge in [0.1, 0.15) is 0 Å². The van der Waals surface area contributed by atoms with Crippen molar-refractivity contribution in [2.24, 2.45) is 0 Å². The first-order valence-corrected chi connectivity index (χ1v) is 4.52. The second-order valence-corrected chi connectivity index (χ2v) is 3.45. The number of carbonyl (C=O) groups excluding carboxylic acids is 1. The molecule has 4 nitrogen and oxygen atoms in total. The summed E-state index contributed by atoms with van der Waals surface area (Å²) in [5.41, 5.74) is -0.0417. The molecule has 72 valence electrons. The molecule has 1 aromatic rings. The van der Waals surface area contributed by atoms with Gasteiger partial charge >= 0.3 is 15.2 Å². The smallest absolute Gasteiger partial charge is 0.279 e. The maximum absolute atomic E-state index is 10.8. The molecule has 0 aliphatic rings. The molecular weight excluding hydrogens is 216 g/mol. The van der Waals surface area contributed by atoms with Crippen molar-refractivity contribution in [2.45, 2.75) is 0 Å². The highest BCUT2D eigenvalue weighted by Crippen LogP contribution is 2.03. The monoisotopic (exact) mass is 222 g/mol. The molecule has 0 unspecified atom stereocenters. The van der Waals surface area contributed by atoms with Gasteiger partial charge in [0, 0.05) is 5.56 Å². The number of carbonyl (C=O) groups is 1. The lowest BCUT2D eigenvalue weighted by molar-refractivity contribution is 0.106. The van der Waals surface area contributed by atoms with Crippen LogP contribution >= 0.6 is 12.4 Å². The van der Waals surface area contributed by atoms with Gasteiger partial charge in [0.15, 0.2) is 0 Å². The summed E-state index contributed by atoms with van der Waals surface area (Å²) in [7, 11) is -4.59. The van der Waals surface area contributed by atoms with Gasteiger partial charge in [-0.3, -0.25) is 9.35 Å². The lowest BCUT2D eigenvalue weighted by Crippen LogP contribution is -2.12. The Labute approximate surface area is 81.7 Å². The van der Waals surface area contributed by atoms with Gasteiger partial charge in [-0.1, -0.05) is 30.3 Å². The maximum Gasteiger partial charge on any atom is 0.333 e. The van der Waals surface area contributed by atoms with Crippen LogP contribution in [0.5, 0.6) is 0 Å². The molecule has 0 fully saturated rings. The summed E-state index contributed by atoms with van der Waals surface area (Å²) in [5, 5.41) is -1.27. The Morgan fingerprint density at radius 2 is 1.62 bits per heavy atom. The molecule has 0 bridgehead atoms. The highest BCUT2D eigenvalue weighted by Gasteiger charge is 2.19. The summed E-state index contributed by atoms with van der Waals surface area (Å²) in [4.78, 5) is 10.8. The summed E-state index contributed by atoms with van der Waals surface area (Å²) >= 11 is 0. The van der Waals surface area contributed by atoms with E-state index >= 15 is 0 Å². The van der Waals surface area contributed by atoms with E-state index in [1.807, 2.05) is 0 Å². The Hall–Kier alpha value is -0.910. The Bertz CT molecular complexity index is 384. The van der Waals surface area contributed by atoms with E-state index in [1.165, 1.54) is 24.3 Å². The molecule has 0 saturated carbocycles. The van der Waals surface area contributed by atoms with E-state index in [-0.39, 0.29) is 18.0 Å². The fourth-order valence-corrected chi connectivity index (χ4v) is 1.16. The SMILES string of the molecule is Cl.O=C(c1ccccc1)S(=O)(=O)O. The van der Waals surface area contributed by atoms with Gasteiger partial charge in [-0.05, 0) is 0 Å². The number of hydrogen-bond acceptors (Lipinski definition) is 3. The van der Waals surface area contributed by atoms with Crippen molar-refractivity contribution >= 4 is 27.6 Å². The van der Waals surface area contributed by atoms with Crippen molar-refractivity contribution in [1.29, 1.82) is 0 Å². The van der Waals surface area contributed by atoms with Gasteiger partial charge < -0.3 is 0 Å². The molecule has 0 aliphatic heterocycles. The van der Waals surface area contributed by atoms with Crippen LogP contribution in [0, 0.1) is 0 Å². The molecule has 0 atom stereocenters. The maximum atomic E-state index is 10.8. The topological polar surface area (TPSA) is 71.4 Å². The second kappa shape index (κ2) is 4.36. The van der Waals surface area contributed by atoms with Crippen LogP contribution in [0.2, 0.25) is 0 Å². The molecule has 0 amide bonds. The Morgan fingerprint density at radius 3 is 2.00 bits per heavy atom. The lowest BCUT2D eigenvalue weighted by atomic mass is 10.2. The van der Waals surface area contributed by atoms with Crippen LogP contribution in [0.4, 0.5) is 0 Å². The first-order valence-electron chi connectivity index (χ1n) is 3.08. The van der Waals surface area contributed by atoms with Crippen molar-refractivity contribution in [1.82, 2.24) is 0 Å². The first kappa shape index (κ1) is 12.1. The Balaban J connectivity index is 0.00000144. The molecule has 13 heavy (non-hydrogen) atoms. The van der Waals surface area contributed by atoms with E-state index in [0.29, 0.717) is 0 Å². The zero-order valence-corrected chi connectivity index (χ0v) is 8.01. The predicted molar refractivity (Wildman–Crippen MR) is 49.6 cm³/mol. The van der Waals surface area contributed by atoms with E-state index < -0.39 is 15.2 Å². The second-order valence-electron chi connectivity index (χ2n) is 2.13. The van der Waals surface area contributed by atoms with Crippen LogP contribution in [0.1, 0.15) is 10.4 Å². The fourth-order valence-electron chi connectivity index (χ4n) is 0.723. The highest BCUT2D eigenvalue weighted by molar-refractivity contribution is 8.01. The third kappa shape index (κ3) is 3.14. The summed E-state index contributed by atoms with van der Waals surface area (Å²) in [6.45, 7) is 0. The third-order valence-corrected chi connectivity index (χ3v) is 1.95. The molecule has 0 spiro atoms. The Kier molecular flexibility index (Phi) is 4.06. The van der Waals surface area contributed by atoms with Gasteiger partial charge in [0.25, 0.3) is 0 Å². The van der Waals surface area contributed by atoms with Crippen LogP contribution in [-0.2, 0) is 10.1 Å². The molecule has 0 saturated heterocycles. The Morgan fingerprint density at radius 1 is 1.15 bits per heavy atom. The first-order chi connectivity index (χ1) is 5.52. The van der Waals surface area contributed by atoms with Crippen LogP contribution in [0.3, 0.4) is 0 Å². The molecule has 0 heterocycles. The number of rotatable bonds is 1. The largest absolute Gasteiger partial charge is 0.333 e. The lowest BCUT2D eigenvalue weighted by Gasteiger charge is -1.94. The number of hydrogen-bond donors (Lipinski definition) is 1. The van der Waals surface area contributed by atoms with Crippen LogP contribution < -0.4 is 0 Å². The minimum absolute atomic E-state index is 0. The predicted octanol–water partition coefficient (Wildman–Crippen LogP) is 1.14. The van der Waals surface area contributed by atoms with Crippen molar-refractivity contribution in [3.05, 3.63) is 35.9 Å². The van der Waals surface area contributed by atoms with E-state index in [1.54, 1.807) is 6.07 Å². The van der Waals surface area contributed by atoms with Crippen molar-refractivity contribution in [3.8, 4) is 0 Å². The summed E-state index contributed by atoms with van der Waals surface area (Å²) in [6, 6.07) is 7.30. The van der Waals surface area contributed by atoms with Gasteiger partial charge in [0.2, 0.25) is 0 Å². The van der Waals surface area contributed by atoms with Crippen molar-refractivity contribution in [2.75, 3.05) is 0 Å². The standard InChI is InChI=1S/C7H6O4S.ClH/c8-7(12(9,10)11)6-4-2-1-3-5-6;/h1-5H,(H,9,10,11);1H. The molecule has 1 rings (SSSR count). The van der Waals surface area contributed by atoms with Gasteiger partial charge in [0.05, 0.1) is 0 Å². The third-order valence-electron chi connectivity index (χ3n) is 1.24. The number of benzene rings is 1. The molecule has 0 radical (unpaired) electrons. The summed E-state index contributed by atoms with van der Waals surface area (Å²) < 4.78 is 29.0. The molecule has 0 aromatic heterocycles. The minimum Gasteiger partial charge on any atom is -0.279 e. The molecule has 6 heteroatoms. The normalized spacial score (nSPS) is 10.2. The van der Waals surface area contributed by atoms with Gasteiger partial charge in [-0.15, -0.1) is 12.4 Å². The fraction of sp³-hybridized carbons (Fsp3) is 0. The number of halogens is 1.